The van der Waals surface area contributed by atoms with Crippen LogP contribution in [0, 0.1) is 6.92 Å². The molecule has 0 aliphatic carbocycles. The summed E-state index contributed by atoms with van der Waals surface area (Å²) in [6, 6.07) is 19.6. The smallest absolute Gasteiger partial charge is 0.291 e. The Bertz CT molecular complexity index is 1840. The third kappa shape index (κ3) is 4.48. The zero-order valence-electron chi connectivity index (χ0n) is 20.9. The van der Waals surface area contributed by atoms with Gasteiger partial charge in [0, 0.05) is 35.3 Å². The first-order chi connectivity index (χ1) is 18.6. The Labute approximate surface area is 222 Å². The molecule has 0 fully saturated rings. The topological polar surface area (TPSA) is 87.2 Å². The lowest BCUT2D eigenvalue weighted by atomic mass is 10.0. The molecule has 0 amide bonds. The summed E-state index contributed by atoms with van der Waals surface area (Å²) in [7, 11) is 0. The van der Waals surface area contributed by atoms with E-state index in [9.17, 15) is 4.79 Å². The summed E-state index contributed by atoms with van der Waals surface area (Å²) in [6.45, 7) is 4.80. The molecule has 6 aromatic rings. The molecule has 0 radical (unpaired) electrons. The van der Waals surface area contributed by atoms with Crippen LogP contribution in [0.1, 0.15) is 24.5 Å². The van der Waals surface area contributed by atoms with Crippen molar-refractivity contribution in [3.05, 3.63) is 105 Å². The van der Waals surface area contributed by atoms with E-state index in [0.717, 1.165) is 45.8 Å². The Morgan fingerprint density at radius 1 is 1.03 bits per heavy atom. The molecular weight excluding hydrogens is 496 g/mol. The maximum absolute atomic E-state index is 13.3. The van der Waals surface area contributed by atoms with E-state index in [1.54, 1.807) is 12.4 Å². The second kappa shape index (κ2) is 10.0. The standard InChI is InChI=1S/C29H24N6O2S/c1-3-15-37-23-9-10-24(19(2)16-23)26-21(18-34(32-26)22-7-5-4-6-8-22)17-25-28(36)35-29(38-25)31-27(33-35)20-11-13-30-14-12-20/h4-14,16-18H,3,15H2,1-2H3/b25-17-. The van der Waals surface area contributed by atoms with Crippen LogP contribution < -0.4 is 14.8 Å². The molecule has 0 bridgehead atoms. The molecule has 0 aliphatic heterocycles. The number of para-hydroxylation sites is 1. The maximum atomic E-state index is 13.3. The molecule has 0 atom stereocenters. The van der Waals surface area contributed by atoms with Gasteiger partial charge < -0.3 is 4.74 Å². The van der Waals surface area contributed by atoms with Crippen LogP contribution in [0.3, 0.4) is 0 Å². The van der Waals surface area contributed by atoms with E-state index in [1.807, 2.05) is 84.5 Å². The van der Waals surface area contributed by atoms with Gasteiger partial charge in [0.05, 0.1) is 16.8 Å². The molecule has 0 saturated carbocycles. The summed E-state index contributed by atoms with van der Waals surface area (Å²) in [5.41, 5.74) is 5.16. The van der Waals surface area contributed by atoms with Crippen molar-refractivity contribution in [1.82, 2.24) is 29.4 Å². The Morgan fingerprint density at radius 3 is 2.58 bits per heavy atom. The van der Waals surface area contributed by atoms with E-state index in [4.69, 9.17) is 9.84 Å². The van der Waals surface area contributed by atoms with Gasteiger partial charge in [0.15, 0.2) is 5.82 Å². The Balaban J connectivity index is 1.47. The van der Waals surface area contributed by atoms with Crippen molar-refractivity contribution in [1.29, 1.82) is 0 Å². The first-order valence-electron chi connectivity index (χ1n) is 12.3. The third-order valence-electron chi connectivity index (χ3n) is 6.10. The largest absolute Gasteiger partial charge is 0.494 e. The molecule has 2 aromatic carbocycles. The Morgan fingerprint density at radius 2 is 1.84 bits per heavy atom. The molecular formula is C29H24N6O2S. The number of hydrogen-bond donors (Lipinski definition) is 0. The maximum Gasteiger partial charge on any atom is 0.291 e. The van der Waals surface area contributed by atoms with Crippen molar-refractivity contribution in [3.8, 4) is 34.1 Å². The summed E-state index contributed by atoms with van der Waals surface area (Å²) in [5, 5.41) is 9.38. The van der Waals surface area contributed by atoms with E-state index in [-0.39, 0.29) is 5.56 Å². The average Bonchev–Trinajstić information content (AvgIpc) is 3.64. The van der Waals surface area contributed by atoms with Crippen LogP contribution in [0.15, 0.2) is 84.0 Å². The second-order valence-corrected chi connectivity index (χ2v) is 9.83. The monoisotopic (exact) mass is 520 g/mol. The number of fused-ring (bicyclic) bond motifs is 1. The highest BCUT2D eigenvalue weighted by Gasteiger charge is 2.16. The Kier molecular flexibility index (Phi) is 6.27. The number of aryl methyl sites for hydroxylation is 1. The van der Waals surface area contributed by atoms with Crippen molar-refractivity contribution >= 4 is 22.4 Å². The molecule has 4 aromatic heterocycles. The molecule has 0 unspecified atom stereocenters. The predicted molar refractivity (Wildman–Crippen MR) is 149 cm³/mol. The molecule has 6 rings (SSSR count). The number of nitrogens with zero attached hydrogens (tertiary/aromatic N) is 6. The van der Waals surface area contributed by atoms with Crippen LogP contribution >= 0.6 is 11.3 Å². The molecule has 8 nitrogen and oxygen atoms in total. The quantitative estimate of drug-likeness (QED) is 0.303. The molecule has 0 aliphatic rings. The number of pyridine rings is 1. The van der Waals surface area contributed by atoms with Crippen molar-refractivity contribution in [2.75, 3.05) is 6.61 Å². The highest BCUT2D eigenvalue weighted by molar-refractivity contribution is 7.15. The molecule has 0 spiro atoms. The minimum atomic E-state index is -0.212. The number of hydrogen-bond acceptors (Lipinski definition) is 7. The zero-order chi connectivity index (χ0) is 26.1. The lowest BCUT2D eigenvalue weighted by Gasteiger charge is -2.09. The van der Waals surface area contributed by atoms with E-state index in [1.165, 1.54) is 15.9 Å². The summed E-state index contributed by atoms with van der Waals surface area (Å²) in [6.07, 6.45) is 8.12. The van der Waals surface area contributed by atoms with Crippen LogP contribution in [0.2, 0.25) is 0 Å². The first kappa shape index (κ1) is 23.7. The number of thiazole rings is 1. The fraction of sp³-hybridized carbons (Fsp3) is 0.138. The second-order valence-electron chi connectivity index (χ2n) is 8.82. The number of aromatic nitrogens is 6. The molecule has 9 heteroatoms. The van der Waals surface area contributed by atoms with Crippen molar-refractivity contribution in [3.63, 3.8) is 0 Å². The van der Waals surface area contributed by atoms with Gasteiger partial charge in [-0.3, -0.25) is 9.78 Å². The molecule has 0 N–H and O–H groups in total. The lowest BCUT2D eigenvalue weighted by Crippen LogP contribution is -2.23. The van der Waals surface area contributed by atoms with E-state index < -0.39 is 0 Å². The summed E-state index contributed by atoms with van der Waals surface area (Å²) < 4.78 is 9.55. The van der Waals surface area contributed by atoms with Crippen molar-refractivity contribution in [2.24, 2.45) is 0 Å². The van der Waals surface area contributed by atoms with Gasteiger partial charge in [0.2, 0.25) is 4.96 Å². The van der Waals surface area contributed by atoms with E-state index in [2.05, 4.69) is 22.0 Å². The van der Waals surface area contributed by atoms with Gasteiger partial charge in [-0.25, -0.2) is 4.68 Å². The minimum absolute atomic E-state index is 0.212. The number of benzene rings is 2. The van der Waals surface area contributed by atoms with E-state index in [0.29, 0.717) is 21.9 Å². The van der Waals surface area contributed by atoms with Crippen LogP contribution in [-0.2, 0) is 0 Å². The van der Waals surface area contributed by atoms with Gasteiger partial charge in [0.1, 0.15) is 11.4 Å². The fourth-order valence-electron chi connectivity index (χ4n) is 4.23. The first-order valence-corrected chi connectivity index (χ1v) is 13.1. The predicted octanol–water partition coefficient (Wildman–Crippen LogP) is 4.71. The van der Waals surface area contributed by atoms with Crippen LogP contribution in [0.25, 0.3) is 39.4 Å². The molecule has 0 saturated heterocycles. The molecule has 188 valence electrons. The molecule has 38 heavy (non-hydrogen) atoms. The Hall–Kier alpha value is -4.63. The lowest BCUT2D eigenvalue weighted by molar-refractivity contribution is 0.317. The van der Waals surface area contributed by atoms with Crippen LogP contribution in [-0.4, -0.2) is 36.0 Å². The van der Waals surface area contributed by atoms with Crippen molar-refractivity contribution in [2.45, 2.75) is 20.3 Å². The van der Waals surface area contributed by atoms with Gasteiger partial charge in [-0.2, -0.15) is 14.6 Å². The average molecular weight is 521 g/mol. The zero-order valence-corrected chi connectivity index (χ0v) is 21.7. The third-order valence-corrected chi connectivity index (χ3v) is 7.06. The van der Waals surface area contributed by atoms with Crippen LogP contribution in [0.4, 0.5) is 0 Å². The summed E-state index contributed by atoms with van der Waals surface area (Å²) >= 11 is 1.31. The van der Waals surface area contributed by atoms with Gasteiger partial charge in [-0.15, -0.1) is 5.10 Å². The van der Waals surface area contributed by atoms with Gasteiger partial charge in [0.25, 0.3) is 5.56 Å². The number of rotatable bonds is 7. The van der Waals surface area contributed by atoms with Crippen LogP contribution in [0.5, 0.6) is 5.75 Å². The normalized spacial score (nSPS) is 11.9. The minimum Gasteiger partial charge on any atom is -0.494 e. The van der Waals surface area contributed by atoms with Crippen molar-refractivity contribution < 1.29 is 4.74 Å². The van der Waals surface area contributed by atoms with Gasteiger partial charge in [-0.1, -0.05) is 36.5 Å². The summed E-state index contributed by atoms with van der Waals surface area (Å²) in [5.74, 6) is 1.33. The highest BCUT2D eigenvalue weighted by Crippen LogP contribution is 2.30. The fourth-order valence-corrected chi connectivity index (χ4v) is 5.12. The highest BCUT2D eigenvalue weighted by atomic mass is 32.1. The summed E-state index contributed by atoms with van der Waals surface area (Å²) in [4.78, 5) is 22.4. The van der Waals surface area contributed by atoms with E-state index >= 15 is 0 Å². The molecule has 4 heterocycles. The van der Waals surface area contributed by atoms with Gasteiger partial charge in [-0.05, 0) is 67.4 Å². The number of ether oxygens (including phenoxy) is 1. The van der Waals surface area contributed by atoms with Gasteiger partial charge >= 0.3 is 0 Å². The SMILES string of the molecule is CCCOc1ccc(-c2nn(-c3ccccc3)cc2/C=c2\sc3nc(-c4ccncc4)nn3c2=O)c(C)c1.